The Kier molecular flexibility index (Phi) is 8.46. The maximum Gasteiger partial charge on any atom is 0.422 e. The molecule has 2 atom stereocenters. The third-order valence-electron chi connectivity index (χ3n) is 7.25. The Morgan fingerprint density at radius 3 is 2.32 bits per heavy atom. The van der Waals surface area contributed by atoms with E-state index in [1.54, 1.807) is 0 Å². The van der Waals surface area contributed by atoms with Crippen molar-refractivity contribution in [3.8, 4) is 5.75 Å². The van der Waals surface area contributed by atoms with Crippen molar-refractivity contribution in [2.75, 3.05) is 6.61 Å². The summed E-state index contributed by atoms with van der Waals surface area (Å²) in [7, 11) is 0. The molecule has 1 aromatic carbocycles. The zero-order chi connectivity index (χ0) is 22.4. The van der Waals surface area contributed by atoms with Crippen molar-refractivity contribution in [3.05, 3.63) is 41.2 Å². The molecule has 0 heterocycles. The number of rotatable bonds is 8. The van der Waals surface area contributed by atoms with Crippen molar-refractivity contribution in [2.24, 2.45) is 23.7 Å². The number of ether oxygens (including phenoxy) is 1. The van der Waals surface area contributed by atoms with Crippen LogP contribution in [0.25, 0.3) is 0 Å². The van der Waals surface area contributed by atoms with Crippen LogP contribution in [0, 0.1) is 36.4 Å². The zero-order valence-electron chi connectivity index (χ0n) is 18.8. The predicted octanol–water partition coefficient (Wildman–Crippen LogP) is 8.50. The molecule has 2 aliphatic rings. The molecular formula is C26H36F4O. The normalized spacial score (nSPS) is 26.8. The smallest absolute Gasteiger partial charge is 0.422 e. The minimum Gasteiger partial charge on any atom is -0.492 e. The van der Waals surface area contributed by atoms with Gasteiger partial charge in [0, 0.05) is 5.92 Å². The van der Waals surface area contributed by atoms with Crippen LogP contribution < -0.4 is 4.74 Å². The molecule has 5 heteroatoms. The van der Waals surface area contributed by atoms with E-state index in [1.165, 1.54) is 70.4 Å². The van der Waals surface area contributed by atoms with Gasteiger partial charge in [0.25, 0.3) is 0 Å². The Bertz CT molecular complexity index is 732. The summed E-state index contributed by atoms with van der Waals surface area (Å²) in [5.74, 6) is 0.641. The topological polar surface area (TPSA) is 9.23 Å². The summed E-state index contributed by atoms with van der Waals surface area (Å²) in [6.07, 6.45) is 12.2. The van der Waals surface area contributed by atoms with E-state index < -0.39 is 23.3 Å². The van der Waals surface area contributed by atoms with Crippen LogP contribution in [-0.2, 0) is 6.18 Å². The number of aryl methyl sites for hydroxylation is 1. The fourth-order valence-corrected chi connectivity index (χ4v) is 5.26. The standard InChI is InChI=1S/C26H36F4O/c1-3-4-5-6-19-8-12-21(13-9-19)22-14-10-20(11-15-22)17-31-23-16-7-18(2)25(27)24(23)26(28,29)30/h7,10,14,16,19-22H,3-6,8-9,11-13,15,17H2,1-2H3. The van der Waals surface area contributed by atoms with Gasteiger partial charge < -0.3 is 4.74 Å². The first-order valence-corrected chi connectivity index (χ1v) is 12.0. The highest BCUT2D eigenvalue weighted by Crippen LogP contribution is 2.41. The molecule has 2 aliphatic carbocycles. The van der Waals surface area contributed by atoms with Gasteiger partial charge in [-0.05, 0) is 62.0 Å². The van der Waals surface area contributed by atoms with Crippen LogP contribution in [0.3, 0.4) is 0 Å². The van der Waals surface area contributed by atoms with Gasteiger partial charge in [0.1, 0.15) is 17.1 Å². The molecule has 174 valence electrons. The largest absolute Gasteiger partial charge is 0.492 e. The molecule has 2 unspecified atom stereocenters. The minimum atomic E-state index is -4.77. The molecule has 1 aromatic rings. The SMILES string of the molecule is CCCCCC1CCC(C2C=CC(COc3ccc(C)c(F)c3C(F)(F)F)CC2)CC1. The molecule has 0 bridgehead atoms. The van der Waals surface area contributed by atoms with Crippen LogP contribution in [0.15, 0.2) is 24.3 Å². The van der Waals surface area contributed by atoms with Gasteiger partial charge in [-0.3, -0.25) is 0 Å². The van der Waals surface area contributed by atoms with Gasteiger partial charge in [-0.2, -0.15) is 13.2 Å². The van der Waals surface area contributed by atoms with Gasteiger partial charge >= 0.3 is 6.18 Å². The van der Waals surface area contributed by atoms with Crippen LogP contribution >= 0.6 is 0 Å². The number of halogens is 4. The maximum absolute atomic E-state index is 14.1. The Morgan fingerprint density at radius 1 is 0.968 bits per heavy atom. The van der Waals surface area contributed by atoms with E-state index in [4.69, 9.17) is 4.74 Å². The number of alkyl halides is 3. The summed E-state index contributed by atoms with van der Waals surface area (Å²) < 4.78 is 59.4. The number of unbranched alkanes of at least 4 members (excludes halogenated alkanes) is 2. The molecule has 1 nitrogen and oxygen atoms in total. The average molecular weight is 441 g/mol. The summed E-state index contributed by atoms with van der Waals surface area (Å²) >= 11 is 0. The lowest BCUT2D eigenvalue weighted by atomic mass is 9.71. The van der Waals surface area contributed by atoms with Crippen LogP contribution in [0.5, 0.6) is 5.75 Å². The predicted molar refractivity (Wildman–Crippen MR) is 117 cm³/mol. The van der Waals surface area contributed by atoms with Crippen molar-refractivity contribution < 1.29 is 22.3 Å². The second-order valence-electron chi connectivity index (χ2n) is 9.54. The van der Waals surface area contributed by atoms with Gasteiger partial charge in [0.2, 0.25) is 0 Å². The number of allylic oxidation sites excluding steroid dienone is 1. The summed E-state index contributed by atoms with van der Waals surface area (Å²) in [6, 6.07) is 2.57. The number of hydrogen-bond donors (Lipinski definition) is 0. The molecule has 0 saturated heterocycles. The lowest BCUT2D eigenvalue weighted by Gasteiger charge is -2.35. The second-order valence-corrected chi connectivity index (χ2v) is 9.54. The first kappa shape index (κ1) is 24.1. The summed E-state index contributed by atoms with van der Waals surface area (Å²) in [4.78, 5) is 0. The summed E-state index contributed by atoms with van der Waals surface area (Å²) in [6.45, 7) is 3.73. The van der Waals surface area contributed by atoms with Gasteiger partial charge in [-0.1, -0.05) is 63.7 Å². The zero-order valence-corrected chi connectivity index (χ0v) is 18.8. The molecule has 0 aromatic heterocycles. The number of benzene rings is 1. The van der Waals surface area contributed by atoms with E-state index >= 15 is 0 Å². The first-order valence-electron chi connectivity index (χ1n) is 12.0. The third kappa shape index (κ3) is 6.49. The highest BCUT2D eigenvalue weighted by Gasteiger charge is 2.39. The van der Waals surface area contributed by atoms with Crippen molar-refractivity contribution in [3.63, 3.8) is 0 Å². The highest BCUT2D eigenvalue weighted by atomic mass is 19.4. The van der Waals surface area contributed by atoms with Crippen LogP contribution in [0.1, 0.15) is 82.3 Å². The average Bonchev–Trinajstić information content (AvgIpc) is 2.75. The molecule has 0 N–H and O–H groups in total. The monoisotopic (exact) mass is 440 g/mol. The van der Waals surface area contributed by atoms with Crippen molar-refractivity contribution in [1.29, 1.82) is 0 Å². The minimum absolute atomic E-state index is 0.0276. The summed E-state index contributed by atoms with van der Waals surface area (Å²) in [5, 5.41) is 0. The van der Waals surface area contributed by atoms with E-state index in [2.05, 4.69) is 19.1 Å². The van der Waals surface area contributed by atoms with E-state index in [1.807, 2.05) is 0 Å². The molecule has 0 spiro atoms. The molecule has 0 aliphatic heterocycles. The fourth-order valence-electron chi connectivity index (χ4n) is 5.26. The molecular weight excluding hydrogens is 404 g/mol. The molecule has 1 fully saturated rings. The molecule has 31 heavy (non-hydrogen) atoms. The van der Waals surface area contributed by atoms with Gasteiger partial charge in [0.05, 0.1) is 6.61 Å². The van der Waals surface area contributed by atoms with Crippen LogP contribution in [-0.4, -0.2) is 6.61 Å². The molecule has 0 amide bonds. The van der Waals surface area contributed by atoms with E-state index in [0.29, 0.717) is 5.92 Å². The summed E-state index contributed by atoms with van der Waals surface area (Å²) in [5.41, 5.74) is -1.32. The molecule has 3 rings (SSSR count). The van der Waals surface area contributed by atoms with E-state index in [0.717, 1.165) is 24.7 Å². The van der Waals surface area contributed by atoms with Gasteiger partial charge in [-0.25, -0.2) is 4.39 Å². The quantitative estimate of drug-likeness (QED) is 0.224. The maximum atomic E-state index is 14.1. The third-order valence-corrected chi connectivity index (χ3v) is 7.25. The Labute approximate surface area is 184 Å². The van der Waals surface area contributed by atoms with Crippen molar-refractivity contribution in [1.82, 2.24) is 0 Å². The second kappa shape index (κ2) is 10.9. The lowest BCUT2D eigenvalue weighted by molar-refractivity contribution is -0.141. The molecule has 1 saturated carbocycles. The van der Waals surface area contributed by atoms with Gasteiger partial charge in [-0.15, -0.1) is 0 Å². The van der Waals surface area contributed by atoms with E-state index in [-0.39, 0.29) is 18.1 Å². The van der Waals surface area contributed by atoms with Gasteiger partial charge in [0.15, 0.2) is 0 Å². The molecule has 0 radical (unpaired) electrons. The highest BCUT2D eigenvalue weighted by molar-refractivity contribution is 5.40. The Balaban J connectivity index is 1.49. The van der Waals surface area contributed by atoms with E-state index in [9.17, 15) is 17.6 Å². The van der Waals surface area contributed by atoms with Crippen molar-refractivity contribution in [2.45, 2.75) is 84.2 Å². The van der Waals surface area contributed by atoms with Crippen LogP contribution in [0.4, 0.5) is 17.6 Å². The number of hydrogen-bond acceptors (Lipinski definition) is 1. The fraction of sp³-hybridized carbons (Fsp3) is 0.692. The van der Waals surface area contributed by atoms with Crippen molar-refractivity contribution >= 4 is 0 Å². The Morgan fingerprint density at radius 2 is 1.71 bits per heavy atom. The van der Waals surface area contributed by atoms with Crippen LogP contribution in [0.2, 0.25) is 0 Å². The lowest BCUT2D eigenvalue weighted by Crippen LogP contribution is -2.24. The Hall–Kier alpha value is -1.52. The first-order chi connectivity index (χ1) is 14.8.